The maximum Gasteiger partial charge on any atom is 0.262 e. The van der Waals surface area contributed by atoms with E-state index in [0.29, 0.717) is 11.3 Å². The van der Waals surface area contributed by atoms with E-state index in [4.69, 9.17) is 11.6 Å². The van der Waals surface area contributed by atoms with Gasteiger partial charge in [-0.25, -0.2) is 4.39 Å². The predicted octanol–water partition coefficient (Wildman–Crippen LogP) is 4.13. The molecule has 0 saturated carbocycles. The van der Waals surface area contributed by atoms with Gasteiger partial charge in [0.15, 0.2) is 0 Å². The summed E-state index contributed by atoms with van der Waals surface area (Å²) in [7, 11) is 0. The number of nitrogens with one attached hydrogen (secondary N) is 1. The van der Waals surface area contributed by atoms with Crippen molar-refractivity contribution >= 4 is 29.3 Å². The van der Waals surface area contributed by atoms with Gasteiger partial charge in [-0.15, -0.1) is 0 Å². The number of benzene rings is 2. The normalized spacial score (nSPS) is 14.2. The van der Waals surface area contributed by atoms with Gasteiger partial charge in [-0.1, -0.05) is 35.9 Å². The van der Waals surface area contributed by atoms with Gasteiger partial charge >= 0.3 is 0 Å². The second-order valence-corrected chi connectivity index (χ2v) is 8.73. The van der Waals surface area contributed by atoms with Crippen LogP contribution in [0.25, 0.3) is 0 Å². The molecule has 0 spiro atoms. The average Bonchev–Trinajstić information content (AvgIpc) is 3.05. The number of fused-ring (bicyclic) bond motifs is 1. The van der Waals surface area contributed by atoms with Crippen LogP contribution in [0.4, 0.5) is 4.39 Å². The first-order valence-corrected chi connectivity index (χ1v) is 10.7. The molecule has 1 atom stereocenters. The lowest BCUT2D eigenvalue weighted by Crippen LogP contribution is -2.54. The molecular weight excluding hydrogens is 445 g/mol. The van der Waals surface area contributed by atoms with Crippen LogP contribution >= 0.6 is 11.6 Å². The fourth-order valence-corrected chi connectivity index (χ4v) is 3.99. The van der Waals surface area contributed by atoms with Crippen LogP contribution in [0.3, 0.4) is 0 Å². The van der Waals surface area contributed by atoms with Gasteiger partial charge in [0.1, 0.15) is 11.9 Å². The van der Waals surface area contributed by atoms with E-state index in [1.54, 1.807) is 68.6 Å². The van der Waals surface area contributed by atoms with Crippen molar-refractivity contribution in [3.05, 3.63) is 100 Å². The van der Waals surface area contributed by atoms with Crippen LogP contribution in [0.2, 0.25) is 5.02 Å². The van der Waals surface area contributed by atoms with Gasteiger partial charge in [-0.3, -0.25) is 24.3 Å². The van der Waals surface area contributed by atoms with Crippen LogP contribution < -0.4 is 5.32 Å². The number of imide groups is 1. The lowest BCUT2D eigenvalue weighted by molar-refractivity contribution is -0.126. The quantitative estimate of drug-likeness (QED) is 0.555. The molecule has 8 heteroatoms. The minimum atomic E-state index is -1.21. The number of hydrogen-bond acceptors (Lipinski definition) is 4. The Bertz CT molecular complexity index is 1210. The molecule has 1 aliphatic heterocycles. The van der Waals surface area contributed by atoms with E-state index in [9.17, 15) is 18.8 Å². The zero-order chi connectivity index (χ0) is 23.8. The molecule has 0 radical (unpaired) electrons. The van der Waals surface area contributed by atoms with E-state index in [1.807, 2.05) is 0 Å². The maximum absolute atomic E-state index is 14.1. The van der Waals surface area contributed by atoms with Crippen LogP contribution in [0.1, 0.15) is 45.8 Å². The highest BCUT2D eigenvalue weighted by molar-refractivity contribution is 6.30. The lowest BCUT2D eigenvalue weighted by Gasteiger charge is -2.31. The molecule has 1 aliphatic rings. The first-order chi connectivity index (χ1) is 15.7. The molecule has 3 amide bonds. The van der Waals surface area contributed by atoms with Crippen molar-refractivity contribution in [3.8, 4) is 0 Å². The molecule has 0 fully saturated rings. The van der Waals surface area contributed by atoms with Crippen molar-refractivity contribution < 1.29 is 18.8 Å². The molecule has 4 rings (SSSR count). The predicted molar refractivity (Wildman–Crippen MR) is 121 cm³/mol. The van der Waals surface area contributed by atoms with Crippen LogP contribution in [0.15, 0.2) is 66.9 Å². The van der Waals surface area contributed by atoms with E-state index in [-0.39, 0.29) is 22.6 Å². The maximum atomic E-state index is 14.1. The summed E-state index contributed by atoms with van der Waals surface area (Å²) in [6.45, 7) is 3.54. The largest absolute Gasteiger partial charge is 0.344 e. The van der Waals surface area contributed by atoms with Gasteiger partial charge in [-0.2, -0.15) is 0 Å². The SMILES string of the molecule is CC(C)(NC(=O)[C@H](Cc1ccc(Cl)c(F)c1)N1C(=O)c2ccccc2C1=O)c1ccccn1. The van der Waals surface area contributed by atoms with Crippen molar-refractivity contribution in [3.63, 3.8) is 0 Å². The van der Waals surface area contributed by atoms with Crippen molar-refractivity contribution in [2.45, 2.75) is 31.8 Å². The Balaban J connectivity index is 1.70. The lowest BCUT2D eigenvalue weighted by atomic mass is 9.97. The Kier molecular flexibility index (Phi) is 5.99. The molecule has 168 valence electrons. The van der Waals surface area contributed by atoms with Crippen molar-refractivity contribution in [2.24, 2.45) is 0 Å². The number of amides is 3. The van der Waals surface area contributed by atoms with Crippen LogP contribution in [-0.4, -0.2) is 33.6 Å². The second kappa shape index (κ2) is 8.75. The molecule has 2 aromatic carbocycles. The Morgan fingerprint density at radius 2 is 1.70 bits per heavy atom. The van der Waals surface area contributed by atoms with Gasteiger partial charge in [0.2, 0.25) is 5.91 Å². The zero-order valence-corrected chi connectivity index (χ0v) is 18.8. The van der Waals surface area contributed by atoms with Crippen molar-refractivity contribution in [1.29, 1.82) is 0 Å². The third-order valence-corrected chi connectivity index (χ3v) is 5.90. The first-order valence-electron chi connectivity index (χ1n) is 10.3. The van der Waals surface area contributed by atoms with Crippen molar-refractivity contribution in [2.75, 3.05) is 0 Å². The number of hydrogen-bond donors (Lipinski definition) is 1. The van der Waals surface area contributed by atoms with Crippen molar-refractivity contribution in [1.82, 2.24) is 15.2 Å². The molecule has 2 heterocycles. The summed E-state index contributed by atoms with van der Waals surface area (Å²) in [6, 6.07) is 14.7. The minimum Gasteiger partial charge on any atom is -0.344 e. The summed E-state index contributed by atoms with van der Waals surface area (Å²) in [6.07, 6.45) is 1.53. The topological polar surface area (TPSA) is 79.4 Å². The van der Waals surface area contributed by atoms with Gasteiger partial charge in [-0.05, 0) is 55.8 Å². The summed E-state index contributed by atoms with van der Waals surface area (Å²) in [4.78, 5) is 45.0. The van der Waals surface area contributed by atoms with Gasteiger partial charge in [0.05, 0.1) is 27.4 Å². The molecule has 0 saturated heterocycles. The Morgan fingerprint density at radius 3 is 2.27 bits per heavy atom. The molecule has 1 aromatic heterocycles. The van der Waals surface area contributed by atoms with E-state index < -0.39 is 35.1 Å². The number of pyridine rings is 1. The summed E-state index contributed by atoms with van der Waals surface area (Å²) in [5.74, 6) is -2.35. The van der Waals surface area contributed by atoms with Crippen LogP contribution in [0, 0.1) is 5.82 Å². The Labute approximate surface area is 195 Å². The monoisotopic (exact) mass is 465 g/mol. The fourth-order valence-electron chi connectivity index (χ4n) is 3.87. The third kappa shape index (κ3) is 4.36. The van der Waals surface area contributed by atoms with Crippen LogP contribution in [-0.2, 0) is 16.8 Å². The summed E-state index contributed by atoms with van der Waals surface area (Å²) in [5, 5.41) is 2.84. The smallest absolute Gasteiger partial charge is 0.262 e. The first kappa shape index (κ1) is 22.6. The Morgan fingerprint density at radius 1 is 1.06 bits per heavy atom. The molecule has 33 heavy (non-hydrogen) atoms. The molecule has 0 aliphatic carbocycles. The zero-order valence-electron chi connectivity index (χ0n) is 18.0. The summed E-state index contributed by atoms with van der Waals surface area (Å²) >= 11 is 5.79. The fraction of sp³-hybridized carbons (Fsp3) is 0.200. The van der Waals surface area contributed by atoms with E-state index in [2.05, 4.69) is 10.3 Å². The number of carbonyl (C=O) groups is 3. The minimum absolute atomic E-state index is 0.0585. The number of halogens is 2. The van der Waals surface area contributed by atoms with Gasteiger partial charge in [0.25, 0.3) is 11.8 Å². The Hall–Kier alpha value is -3.58. The highest BCUT2D eigenvalue weighted by Gasteiger charge is 2.43. The number of carbonyl (C=O) groups excluding carboxylic acids is 3. The summed E-state index contributed by atoms with van der Waals surface area (Å²) < 4.78 is 14.1. The van der Waals surface area contributed by atoms with Crippen LogP contribution in [0.5, 0.6) is 0 Å². The van der Waals surface area contributed by atoms with E-state index >= 15 is 0 Å². The number of nitrogens with zero attached hydrogens (tertiary/aromatic N) is 2. The molecule has 6 nitrogen and oxygen atoms in total. The van der Waals surface area contributed by atoms with E-state index in [1.165, 1.54) is 12.1 Å². The third-order valence-electron chi connectivity index (χ3n) is 5.59. The highest BCUT2D eigenvalue weighted by Crippen LogP contribution is 2.28. The molecular formula is C25H21ClFN3O3. The molecule has 1 N–H and O–H groups in total. The number of aromatic nitrogens is 1. The molecule has 0 bridgehead atoms. The molecule has 0 unspecified atom stereocenters. The number of rotatable bonds is 6. The van der Waals surface area contributed by atoms with Gasteiger partial charge < -0.3 is 5.32 Å². The standard InChI is InChI=1S/C25H21ClFN3O3/c1-25(2,21-9-5-6-12-28-21)29-22(31)20(14-15-10-11-18(26)19(27)13-15)30-23(32)16-7-3-4-8-17(16)24(30)33/h3-13,20H,14H2,1-2H3,(H,29,31)/t20-/m0/s1. The van der Waals surface area contributed by atoms with E-state index in [0.717, 1.165) is 4.90 Å². The van der Waals surface area contributed by atoms with Gasteiger partial charge in [0, 0.05) is 12.6 Å². The molecule has 3 aromatic rings. The average molecular weight is 466 g/mol. The second-order valence-electron chi connectivity index (χ2n) is 8.32. The summed E-state index contributed by atoms with van der Waals surface area (Å²) in [5.41, 5.74) is 0.597. The highest BCUT2D eigenvalue weighted by atomic mass is 35.5.